The lowest BCUT2D eigenvalue weighted by atomic mass is 10.2. The van der Waals surface area contributed by atoms with Gasteiger partial charge in [0.15, 0.2) is 5.82 Å². The van der Waals surface area contributed by atoms with Crippen LogP contribution in [0, 0.1) is 11.8 Å². The molecule has 1 atom stereocenters. The van der Waals surface area contributed by atoms with Crippen molar-refractivity contribution in [1.82, 2.24) is 15.0 Å². The van der Waals surface area contributed by atoms with E-state index in [0.29, 0.717) is 35.6 Å². The van der Waals surface area contributed by atoms with Crippen LogP contribution in [0.3, 0.4) is 0 Å². The lowest BCUT2D eigenvalue weighted by Gasteiger charge is -2.15. The Morgan fingerprint density at radius 2 is 1.92 bits per heavy atom. The van der Waals surface area contributed by atoms with Crippen molar-refractivity contribution in [3.8, 4) is 17.1 Å². The van der Waals surface area contributed by atoms with Crippen LogP contribution < -0.4 is 10.6 Å². The molecule has 2 aliphatic carbocycles. The van der Waals surface area contributed by atoms with Gasteiger partial charge in [-0.15, -0.1) is 0 Å². The minimum Gasteiger partial charge on any atom is -0.508 e. The quantitative estimate of drug-likeness (QED) is 0.694. The average Bonchev–Trinajstić information content (AvgIpc) is 3.48. The van der Waals surface area contributed by atoms with E-state index >= 15 is 0 Å². The van der Waals surface area contributed by atoms with Gasteiger partial charge in [0, 0.05) is 17.3 Å². The third kappa shape index (κ3) is 4.31. The topological polar surface area (TPSA) is 83.0 Å². The summed E-state index contributed by atoms with van der Waals surface area (Å²) in [7, 11) is 0. The highest BCUT2D eigenvalue weighted by Crippen LogP contribution is 2.34. The van der Waals surface area contributed by atoms with Crippen LogP contribution >= 0.6 is 0 Å². The van der Waals surface area contributed by atoms with Gasteiger partial charge >= 0.3 is 0 Å². The van der Waals surface area contributed by atoms with Crippen molar-refractivity contribution >= 4 is 11.9 Å². The van der Waals surface area contributed by atoms with E-state index in [4.69, 9.17) is 0 Å². The Kier molecular flexibility index (Phi) is 4.49. The van der Waals surface area contributed by atoms with Gasteiger partial charge in [0.05, 0.1) is 0 Å². The molecule has 0 amide bonds. The Bertz CT molecular complexity index is 827. The molecule has 0 spiro atoms. The van der Waals surface area contributed by atoms with E-state index in [1.165, 1.54) is 25.7 Å². The highest BCUT2D eigenvalue weighted by molar-refractivity contribution is 5.60. The number of hydrogen-bond acceptors (Lipinski definition) is 6. The summed E-state index contributed by atoms with van der Waals surface area (Å²) in [5.74, 6) is 3.22. The molecular weight excluding hydrogens is 326 g/mol. The van der Waals surface area contributed by atoms with Crippen LogP contribution in [0.4, 0.5) is 11.9 Å². The van der Waals surface area contributed by atoms with Crippen LogP contribution in [0.25, 0.3) is 11.4 Å². The maximum absolute atomic E-state index is 9.78. The summed E-state index contributed by atoms with van der Waals surface area (Å²) in [5, 5.41) is 16.5. The minimum absolute atomic E-state index is 0.197. The number of benzene rings is 1. The second-order valence-corrected chi connectivity index (χ2v) is 7.44. The summed E-state index contributed by atoms with van der Waals surface area (Å²) in [5.41, 5.74) is 1.82. The molecule has 0 aliphatic heterocycles. The van der Waals surface area contributed by atoms with Crippen LogP contribution in [-0.4, -0.2) is 26.1 Å². The Labute approximate surface area is 153 Å². The summed E-state index contributed by atoms with van der Waals surface area (Å²) >= 11 is 0. The molecule has 0 unspecified atom stereocenters. The summed E-state index contributed by atoms with van der Waals surface area (Å²) in [6, 6.07) is 7.32. The summed E-state index contributed by atoms with van der Waals surface area (Å²) in [6.45, 7) is 4.21. The SMILES string of the molecule is CC(=CC1CC1)Nc1nc(N[C@H](C)C2CC2)nc(-c2cccc(O)c2)n1. The predicted molar refractivity (Wildman–Crippen MR) is 103 cm³/mol. The number of allylic oxidation sites excluding steroid dienone is 2. The van der Waals surface area contributed by atoms with E-state index in [1.807, 2.05) is 13.0 Å². The molecule has 2 saturated carbocycles. The first kappa shape index (κ1) is 16.8. The smallest absolute Gasteiger partial charge is 0.232 e. The number of aromatic nitrogens is 3. The summed E-state index contributed by atoms with van der Waals surface area (Å²) in [4.78, 5) is 13.7. The third-order valence-corrected chi connectivity index (χ3v) is 4.84. The molecule has 136 valence electrons. The Hall–Kier alpha value is -2.63. The van der Waals surface area contributed by atoms with Crippen LogP contribution in [0.2, 0.25) is 0 Å². The fraction of sp³-hybridized carbons (Fsp3) is 0.450. The first-order chi connectivity index (χ1) is 12.6. The molecule has 0 bridgehead atoms. The zero-order valence-corrected chi connectivity index (χ0v) is 15.2. The van der Waals surface area contributed by atoms with Gasteiger partial charge in [-0.2, -0.15) is 15.0 Å². The van der Waals surface area contributed by atoms with Crippen molar-refractivity contribution in [3.05, 3.63) is 36.0 Å². The van der Waals surface area contributed by atoms with Gasteiger partial charge in [0.2, 0.25) is 11.9 Å². The molecule has 3 N–H and O–H groups in total. The molecule has 0 saturated heterocycles. The lowest BCUT2D eigenvalue weighted by Crippen LogP contribution is -2.20. The van der Waals surface area contributed by atoms with Crippen molar-refractivity contribution in [2.45, 2.75) is 45.6 Å². The normalized spacial score (nSPS) is 18.5. The number of hydrogen-bond donors (Lipinski definition) is 3. The second kappa shape index (κ2) is 6.94. The Balaban J connectivity index is 1.63. The zero-order chi connectivity index (χ0) is 18.1. The number of aromatic hydroxyl groups is 1. The molecule has 1 aromatic carbocycles. The number of nitrogens with one attached hydrogen (secondary N) is 2. The van der Waals surface area contributed by atoms with Crippen LogP contribution in [0.5, 0.6) is 5.75 Å². The third-order valence-electron chi connectivity index (χ3n) is 4.84. The first-order valence-electron chi connectivity index (χ1n) is 9.34. The summed E-state index contributed by atoms with van der Waals surface area (Å²) in [6.07, 6.45) is 7.27. The van der Waals surface area contributed by atoms with E-state index in [0.717, 1.165) is 11.3 Å². The van der Waals surface area contributed by atoms with Gasteiger partial charge < -0.3 is 15.7 Å². The number of phenols is 1. The molecule has 6 nitrogen and oxygen atoms in total. The second-order valence-electron chi connectivity index (χ2n) is 7.44. The number of anilines is 2. The van der Waals surface area contributed by atoms with Gasteiger partial charge in [0.25, 0.3) is 0 Å². The fourth-order valence-corrected chi connectivity index (χ4v) is 3.02. The van der Waals surface area contributed by atoms with Crippen molar-refractivity contribution in [2.75, 3.05) is 10.6 Å². The van der Waals surface area contributed by atoms with E-state index in [1.54, 1.807) is 18.2 Å². The standard InChI is InChI=1S/C20H25N5O/c1-12(10-14-6-7-14)21-19-23-18(16-4-3-5-17(26)11-16)24-20(25-19)22-13(2)15-8-9-15/h3-5,10-11,13-15,26H,6-9H2,1-2H3,(H2,21,22,23,24,25)/t13-/m1/s1. The van der Waals surface area contributed by atoms with Gasteiger partial charge in [0.1, 0.15) is 5.75 Å². The average molecular weight is 351 g/mol. The zero-order valence-electron chi connectivity index (χ0n) is 15.2. The molecule has 26 heavy (non-hydrogen) atoms. The molecule has 2 aromatic rings. The molecule has 2 aliphatic rings. The van der Waals surface area contributed by atoms with Gasteiger partial charge in [-0.25, -0.2) is 0 Å². The predicted octanol–water partition coefficient (Wildman–Crippen LogP) is 4.18. The largest absolute Gasteiger partial charge is 0.508 e. The maximum atomic E-state index is 9.78. The van der Waals surface area contributed by atoms with Crippen LogP contribution in [0.15, 0.2) is 36.0 Å². The van der Waals surface area contributed by atoms with Crippen molar-refractivity contribution in [3.63, 3.8) is 0 Å². The van der Waals surface area contributed by atoms with Gasteiger partial charge in [-0.05, 0) is 63.5 Å². The van der Waals surface area contributed by atoms with E-state index < -0.39 is 0 Å². The highest BCUT2D eigenvalue weighted by Gasteiger charge is 2.28. The molecule has 4 rings (SSSR count). The van der Waals surface area contributed by atoms with Crippen molar-refractivity contribution in [1.29, 1.82) is 0 Å². The van der Waals surface area contributed by atoms with E-state index in [9.17, 15) is 5.11 Å². The van der Waals surface area contributed by atoms with Gasteiger partial charge in [-0.1, -0.05) is 18.2 Å². The molecule has 6 heteroatoms. The van der Waals surface area contributed by atoms with Crippen LogP contribution in [-0.2, 0) is 0 Å². The van der Waals surface area contributed by atoms with Gasteiger partial charge in [-0.3, -0.25) is 0 Å². The molecule has 2 fully saturated rings. The number of phenolic OH excluding ortho intramolecular Hbond substituents is 1. The fourth-order valence-electron chi connectivity index (χ4n) is 3.02. The van der Waals surface area contributed by atoms with E-state index in [-0.39, 0.29) is 5.75 Å². The highest BCUT2D eigenvalue weighted by atomic mass is 16.3. The minimum atomic E-state index is 0.197. The number of nitrogens with zero attached hydrogens (tertiary/aromatic N) is 3. The monoisotopic (exact) mass is 351 g/mol. The first-order valence-corrected chi connectivity index (χ1v) is 9.34. The van der Waals surface area contributed by atoms with Crippen LogP contribution in [0.1, 0.15) is 39.5 Å². The molecule has 1 heterocycles. The summed E-state index contributed by atoms with van der Waals surface area (Å²) < 4.78 is 0. The van der Waals surface area contributed by atoms with E-state index in [2.05, 4.69) is 38.6 Å². The maximum Gasteiger partial charge on any atom is 0.232 e. The molecular formula is C20H25N5O. The van der Waals surface area contributed by atoms with Crippen molar-refractivity contribution < 1.29 is 5.11 Å². The lowest BCUT2D eigenvalue weighted by molar-refractivity contribution is 0.475. The van der Waals surface area contributed by atoms with Crippen molar-refractivity contribution in [2.24, 2.45) is 11.8 Å². The molecule has 0 radical (unpaired) electrons. The Morgan fingerprint density at radius 3 is 2.62 bits per heavy atom. The molecule has 1 aromatic heterocycles. The Morgan fingerprint density at radius 1 is 1.15 bits per heavy atom. The number of rotatable bonds is 7.